The zero-order valence-corrected chi connectivity index (χ0v) is 19.8. The summed E-state index contributed by atoms with van der Waals surface area (Å²) in [6.45, 7) is 3.22. The van der Waals surface area contributed by atoms with E-state index in [4.69, 9.17) is 4.74 Å². The van der Waals surface area contributed by atoms with E-state index >= 15 is 0 Å². The van der Waals surface area contributed by atoms with Gasteiger partial charge in [-0.2, -0.15) is 0 Å². The van der Waals surface area contributed by atoms with Crippen LogP contribution in [0.1, 0.15) is 63.0 Å². The minimum absolute atomic E-state index is 0.0799. The third-order valence-electron chi connectivity index (χ3n) is 7.23. The summed E-state index contributed by atoms with van der Waals surface area (Å²) >= 11 is 0. The Labute approximate surface area is 200 Å². The highest BCUT2D eigenvalue weighted by Gasteiger charge is 2.41. The number of carboxylic acids is 1. The van der Waals surface area contributed by atoms with Gasteiger partial charge in [-0.3, -0.25) is 9.59 Å². The first-order chi connectivity index (χ1) is 16.3. The van der Waals surface area contributed by atoms with Crippen molar-refractivity contribution in [2.45, 2.75) is 63.5 Å². The molecule has 0 aromatic heterocycles. The first-order valence-electron chi connectivity index (χ1n) is 12.0. The highest BCUT2D eigenvalue weighted by atomic mass is 16.5. The van der Waals surface area contributed by atoms with Crippen LogP contribution in [0, 0.1) is 0 Å². The Morgan fingerprint density at radius 2 is 1.59 bits per heavy atom. The minimum Gasteiger partial charge on any atom is -0.480 e. The zero-order valence-electron chi connectivity index (χ0n) is 19.8. The van der Waals surface area contributed by atoms with Crippen LogP contribution < -0.4 is 5.32 Å². The maximum absolute atomic E-state index is 13.4. The molecule has 0 bridgehead atoms. The van der Waals surface area contributed by atoms with Crippen LogP contribution >= 0.6 is 0 Å². The van der Waals surface area contributed by atoms with Gasteiger partial charge in [-0.15, -0.1) is 0 Å². The van der Waals surface area contributed by atoms with Crippen molar-refractivity contribution >= 4 is 18.0 Å². The lowest BCUT2D eigenvalue weighted by Crippen LogP contribution is -2.60. The largest absolute Gasteiger partial charge is 0.480 e. The van der Waals surface area contributed by atoms with E-state index < -0.39 is 17.6 Å². The second-order valence-corrected chi connectivity index (χ2v) is 9.40. The van der Waals surface area contributed by atoms with Crippen LogP contribution in [0.2, 0.25) is 0 Å². The molecule has 0 aliphatic heterocycles. The van der Waals surface area contributed by atoms with E-state index in [1.165, 1.54) is 4.90 Å². The van der Waals surface area contributed by atoms with Crippen molar-refractivity contribution in [2.75, 3.05) is 13.2 Å². The molecule has 2 aliphatic carbocycles. The summed E-state index contributed by atoms with van der Waals surface area (Å²) in [5.74, 6) is -1.51. The molecule has 1 saturated carbocycles. The molecule has 1 unspecified atom stereocenters. The van der Waals surface area contributed by atoms with Gasteiger partial charge in [0.25, 0.3) is 0 Å². The SMILES string of the molecule is CCC(C)(NC(=O)OCC1c2ccccc2-c2ccccc21)C(=O)N(CC(=O)O)C1CCCC1. The first kappa shape index (κ1) is 23.8. The Morgan fingerprint density at radius 1 is 1.03 bits per heavy atom. The molecule has 2 aromatic carbocycles. The molecule has 0 radical (unpaired) electrons. The second-order valence-electron chi connectivity index (χ2n) is 9.40. The lowest BCUT2D eigenvalue weighted by Gasteiger charge is -2.36. The molecule has 1 fully saturated rings. The molecule has 2 aliphatic rings. The van der Waals surface area contributed by atoms with Gasteiger partial charge in [0.2, 0.25) is 5.91 Å². The normalized spacial score (nSPS) is 16.9. The van der Waals surface area contributed by atoms with Gasteiger partial charge in [0, 0.05) is 12.0 Å². The molecular weight excluding hydrogens is 432 g/mol. The number of carboxylic acid groups (broad SMARTS) is 1. The molecule has 34 heavy (non-hydrogen) atoms. The molecule has 1 atom stereocenters. The van der Waals surface area contributed by atoms with Crippen molar-refractivity contribution < 1.29 is 24.2 Å². The van der Waals surface area contributed by atoms with E-state index in [0.717, 1.165) is 47.9 Å². The van der Waals surface area contributed by atoms with E-state index in [1.54, 1.807) is 13.8 Å². The number of fused-ring (bicyclic) bond motifs is 3. The number of carbonyl (C=O) groups excluding carboxylic acids is 2. The maximum Gasteiger partial charge on any atom is 0.408 e. The molecule has 0 saturated heterocycles. The van der Waals surface area contributed by atoms with E-state index in [0.29, 0.717) is 6.42 Å². The number of nitrogens with one attached hydrogen (secondary N) is 1. The van der Waals surface area contributed by atoms with Crippen molar-refractivity contribution in [2.24, 2.45) is 0 Å². The van der Waals surface area contributed by atoms with Gasteiger partial charge in [-0.25, -0.2) is 4.79 Å². The van der Waals surface area contributed by atoms with E-state index in [1.807, 2.05) is 36.4 Å². The average Bonchev–Trinajstić information content (AvgIpc) is 3.47. The van der Waals surface area contributed by atoms with E-state index in [2.05, 4.69) is 17.4 Å². The Kier molecular flexibility index (Phi) is 6.91. The van der Waals surface area contributed by atoms with Crippen LogP contribution in [0.25, 0.3) is 11.1 Å². The lowest BCUT2D eigenvalue weighted by atomic mass is 9.95. The number of aliphatic carboxylic acids is 1. The minimum atomic E-state index is -1.25. The number of ether oxygens (including phenoxy) is 1. The summed E-state index contributed by atoms with van der Waals surface area (Å²) in [6.07, 6.45) is 3.14. The van der Waals surface area contributed by atoms with Gasteiger partial charge in [0.1, 0.15) is 18.7 Å². The molecule has 7 nitrogen and oxygen atoms in total. The van der Waals surface area contributed by atoms with Crippen LogP contribution in [0.15, 0.2) is 48.5 Å². The number of hydrogen-bond acceptors (Lipinski definition) is 4. The van der Waals surface area contributed by atoms with Crippen LogP contribution in [-0.2, 0) is 14.3 Å². The van der Waals surface area contributed by atoms with Crippen molar-refractivity contribution in [3.8, 4) is 11.1 Å². The highest BCUT2D eigenvalue weighted by molar-refractivity contribution is 5.91. The summed E-state index contributed by atoms with van der Waals surface area (Å²) in [4.78, 5) is 39.2. The van der Waals surface area contributed by atoms with E-state index in [9.17, 15) is 19.5 Å². The maximum atomic E-state index is 13.4. The third kappa shape index (κ3) is 4.65. The summed E-state index contributed by atoms with van der Waals surface area (Å²) < 4.78 is 5.64. The molecule has 7 heteroatoms. The number of alkyl carbamates (subject to hydrolysis) is 1. The van der Waals surface area contributed by atoms with Crippen LogP contribution in [0.4, 0.5) is 4.79 Å². The van der Waals surface area contributed by atoms with Crippen molar-refractivity contribution in [1.82, 2.24) is 10.2 Å². The van der Waals surface area contributed by atoms with Crippen molar-refractivity contribution in [1.29, 1.82) is 0 Å². The van der Waals surface area contributed by atoms with Crippen molar-refractivity contribution in [3.05, 3.63) is 59.7 Å². The fraction of sp³-hybridized carbons (Fsp3) is 0.444. The zero-order chi connectivity index (χ0) is 24.3. The molecular formula is C27H32N2O5. The predicted octanol–water partition coefficient (Wildman–Crippen LogP) is 4.55. The first-order valence-corrected chi connectivity index (χ1v) is 12.0. The standard InChI is InChI=1S/C27H32N2O5/c1-3-27(2,25(32)29(16-24(30)31)18-10-4-5-11-18)28-26(33)34-17-23-21-14-8-6-12-19(21)20-13-7-9-15-22(20)23/h6-9,12-15,18,23H,3-5,10-11,16-17H2,1-2H3,(H,28,33)(H,30,31). The van der Waals surface area contributed by atoms with E-state index in [-0.39, 0.29) is 31.0 Å². The van der Waals surface area contributed by atoms with Gasteiger partial charge < -0.3 is 20.1 Å². The highest BCUT2D eigenvalue weighted by Crippen LogP contribution is 2.44. The van der Waals surface area contributed by atoms with Crippen LogP contribution in [0.3, 0.4) is 0 Å². The summed E-state index contributed by atoms with van der Waals surface area (Å²) in [5, 5.41) is 12.1. The number of carbonyl (C=O) groups is 3. The molecule has 4 rings (SSSR count). The van der Waals surface area contributed by atoms with Gasteiger partial charge in [0.05, 0.1) is 0 Å². The molecule has 0 spiro atoms. The average molecular weight is 465 g/mol. The van der Waals surface area contributed by atoms with Crippen LogP contribution in [-0.4, -0.2) is 52.7 Å². The fourth-order valence-corrected chi connectivity index (χ4v) is 5.20. The number of rotatable bonds is 8. The Morgan fingerprint density at radius 3 is 2.12 bits per heavy atom. The smallest absolute Gasteiger partial charge is 0.408 e. The van der Waals surface area contributed by atoms with Gasteiger partial charge in [0.15, 0.2) is 0 Å². The quantitative estimate of drug-likeness (QED) is 0.598. The number of hydrogen-bond donors (Lipinski definition) is 2. The molecule has 2 amide bonds. The fourth-order valence-electron chi connectivity index (χ4n) is 5.20. The van der Waals surface area contributed by atoms with Crippen LogP contribution in [0.5, 0.6) is 0 Å². The van der Waals surface area contributed by atoms with Gasteiger partial charge >= 0.3 is 12.1 Å². The third-order valence-corrected chi connectivity index (χ3v) is 7.23. The molecule has 180 valence electrons. The summed E-state index contributed by atoms with van der Waals surface area (Å²) in [7, 11) is 0. The Hall–Kier alpha value is -3.35. The predicted molar refractivity (Wildman–Crippen MR) is 129 cm³/mol. The lowest BCUT2D eigenvalue weighted by molar-refractivity contribution is -0.149. The Balaban J connectivity index is 1.46. The molecule has 0 heterocycles. The number of nitrogens with zero attached hydrogens (tertiary/aromatic N) is 1. The Bertz CT molecular complexity index is 1030. The summed E-state index contributed by atoms with van der Waals surface area (Å²) in [6, 6.07) is 16.1. The van der Waals surface area contributed by atoms with Gasteiger partial charge in [-0.05, 0) is 48.4 Å². The van der Waals surface area contributed by atoms with Gasteiger partial charge in [-0.1, -0.05) is 68.3 Å². The second kappa shape index (κ2) is 9.87. The number of benzene rings is 2. The number of amides is 2. The summed E-state index contributed by atoms with van der Waals surface area (Å²) in [5.41, 5.74) is 3.25. The monoisotopic (exact) mass is 464 g/mol. The topological polar surface area (TPSA) is 95.9 Å². The van der Waals surface area contributed by atoms with Crippen molar-refractivity contribution in [3.63, 3.8) is 0 Å². The molecule has 2 aromatic rings. The molecule has 2 N–H and O–H groups in total.